The predicted molar refractivity (Wildman–Crippen MR) is 104 cm³/mol. The molecule has 0 saturated carbocycles. The Hall–Kier alpha value is -2.22. The van der Waals surface area contributed by atoms with Gasteiger partial charge in [0.05, 0.1) is 12.2 Å². The Kier molecular flexibility index (Phi) is 5.48. The summed E-state index contributed by atoms with van der Waals surface area (Å²) < 4.78 is 5.54. The van der Waals surface area contributed by atoms with Crippen LogP contribution in [0.3, 0.4) is 0 Å². The van der Waals surface area contributed by atoms with Gasteiger partial charge in [0.25, 0.3) is 5.91 Å². The third kappa shape index (κ3) is 3.70. The van der Waals surface area contributed by atoms with E-state index in [1.807, 2.05) is 16.8 Å². The Bertz CT molecular complexity index is 754. The van der Waals surface area contributed by atoms with Gasteiger partial charge in [-0.3, -0.25) is 9.59 Å². The number of rotatable bonds is 3. The summed E-state index contributed by atoms with van der Waals surface area (Å²) in [5, 5.41) is 3.21. The van der Waals surface area contributed by atoms with Crippen LogP contribution in [0.15, 0.2) is 0 Å². The van der Waals surface area contributed by atoms with Gasteiger partial charge in [0.1, 0.15) is 17.7 Å². The molecule has 0 spiro atoms. The van der Waals surface area contributed by atoms with E-state index < -0.39 is 0 Å². The number of aromatic nitrogens is 2. The lowest BCUT2D eigenvalue weighted by atomic mass is 9.94. The van der Waals surface area contributed by atoms with Crippen molar-refractivity contribution in [1.29, 1.82) is 0 Å². The topological polar surface area (TPSA) is 87.7 Å². The van der Waals surface area contributed by atoms with Gasteiger partial charge in [-0.05, 0) is 32.1 Å². The number of anilines is 1. The van der Waals surface area contributed by atoms with Crippen LogP contribution in [0, 0.1) is 0 Å². The first-order valence-corrected chi connectivity index (χ1v) is 10.3. The van der Waals surface area contributed by atoms with Crippen LogP contribution < -0.4 is 5.32 Å². The number of amides is 2. The van der Waals surface area contributed by atoms with Crippen molar-refractivity contribution in [2.75, 3.05) is 38.6 Å². The molecule has 0 aromatic carbocycles. The van der Waals surface area contributed by atoms with Gasteiger partial charge in [-0.2, -0.15) is 0 Å². The molecule has 28 heavy (non-hydrogen) atoms. The largest absolute Gasteiger partial charge is 0.373 e. The fraction of sp³-hybridized carbons (Fsp3) is 0.700. The van der Waals surface area contributed by atoms with Crippen molar-refractivity contribution in [3.63, 3.8) is 0 Å². The highest BCUT2D eigenvalue weighted by molar-refractivity contribution is 5.81. The number of nitrogens with zero attached hydrogens (tertiary/aromatic N) is 4. The molecule has 3 aliphatic heterocycles. The highest BCUT2D eigenvalue weighted by Gasteiger charge is 2.33. The van der Waals surface area contributed by atoms with Crippen LogP contribution in [0.25, 0.3) is 0 Å². The molecule has 2 fully saturated rings. The van der Waals surface area contributed by atoms with Gasteiger partial charge < -0.3 is 19.9 Å². The van der Waals surface area contributed by atoms with Crippen molar-refractivity contribution >= 4 is 17.6 Å². The molecule has 4 rings (SSSR count). The maximum Gasteiger partial charge on any atom is 0.251 e. The van der Waals surface area contributed by atoms with Crippen molar-refractivity contribution in [3.05, 3.63) is 17.1 Å². The summed E-state index contributed by atoms with van der Waals surface area (Å²) in [6, 6.07) is 0. The number of ether oxygens (including phenoxy) is 1. The number of carbonyl (C=O) groups excluding carboxylic acids is 2. The molecule has 1 N–H and O–H groups in total. The molecule has 3 aliphatic rings. The van der Waals surface area contributed by atoms with Crippen molar-refractivity contribution in [3.8, 4) is 0 Å². The van der Waals surface area contributed by atoms with Crippen LogP contribution in [0.5, 0.6) is 0 Å². The van der Waals surface area contributed by atoms with Gasteiger partial charge in [-0.15, -0.1) is 0 Å². The van der Waals surface area contributed by atoms with Crippen molar-refractivity contribution in [2.24, 2.45) is 0 Å². The first-order chi connectivity index (χ1) is 13.6. The molecule has 1 aromatic heterocycles. The second kappa shape index (κ2) is 8.03. The van der Waals surface area contributed by atoms with E-state index in [0.717, 1.165) is 68.1 Å². The number of likely N-dealkylation sites (tertiary alicyclic amines) is 1. The van der Waals surface area contributed by atoms with Crippen molar-refractivity contribution in [1.82, 2.24) is 19.8 Å². The molecule has 8 nitrogen and oxygen atoms in total. The molecule has 0 radical (unpaired) electrons. The lowest BCUT2D eigenvalue weighted by molar-refractivity contribution is -0.142. The Labute approximate surface area is 165 Å². The third-order valence-electron chi connectivity index (χ3n) is 6.14. The molecular weight excluding hydrogens is 358 g/mol. The number of piperidine rings is 1. The van der Waals surface area contributed by atoms with Gasteiger partial charge in [-0.1, -0.05) is 0 Å². The Morgan fingerprint density at radius 3 is 2.54 bits per heavy atom. The first kappa shape index (κ1) is 19.1. The summed E-state index contributed by atoms with van der Waals surface area (Å²) >= 11 is 0. The summed E-state index contributed by atoms with van der Waals surface area (Å²) in [4.78, 5) is 37.7. The Balaban J connectivity index is 1.47. The van der Waals surface area contributed by atoms with Crippen LogP contribution in [0.1, 0.15) is 55.6 Å². The summed E-state index contributed by atoms with van der Waals surface area (Å²) in [7, 11) is 1.88. The molecule has 0 aliphatic carbocycles. The highest BCUT2D eigenvalue weighted by atomic mass is 16.5. The second-order valence-electron chi connectivity index (χ2n) is 7.90. The standard InChI is InChI=1S/C20H29N5O3/c1-13(26)25-10-7-15-16(12-25)22-18(23-19(15)21-2)14-5-8-24(9-6-14)20(27)17-4-3-11-28-17/h14,17H,3-12H2,1-2H3,(H,21,22,23)/t17-/m1/s1. The van der Waals surface area contributed by atoms with E-state index in [0.29, 0.717) is 19.7 Å². The quantitative estimate of drug-likeness (QED) is 0.841. The number of fused-ring (bicyclic) bond motifs is 1. The normalized spacial score (nSPS) is 22.9. The van der Waals surface area contributed by atoms with Crippen molar-refractivity contribution in [2.45, 2.75) is 57.6 Å². The van der Waals surface area contributed by atoms with Crippen LogP contribution in [0.4, 0.5) is 5.82 Å². The fourth-order valence-corrected chi connectivity index (χ4v) is 4.44. The van der Waals surface area contributed by atoms with E-state index >= 15 is 0 Å². The molecular formula is C20H29N5O3. The molecule has 4 heterocycles. The lowest BCUT2D eigenvalue weighted by Crippen LogP contribution is -2.43. The number of hydrogen-bond donors (Lipinski definition) is 1. The summed E-state index contributed by atoms with van der Waals surface area (Å²) in [6.07, 6.45) is 4.06. The highest BCUT2D eigenvalue weighted by Crippen LogP contribution is 2.31. The number of carbonyl (C=O) groups is 2. The van der Waals surface area contributed by atoms with E-state index in [1.165, 1.54) is 0 Å². The van der Waals surface area contributed by atoms with E-state index in [1.54, 1.807) is 6.92 Å². The zero-order chi connectivity index (χ0) is 19.7. The van der Waals surface area contributed by atoms with Gasteiger partial charge in [0, 0.05) is 51.7 Å². The minimum Gasteiger partial charge on any atom is -0.373 e. The van der Waals surface area contributed by atoms with Crippen LogP contribution >= 0.6 is 0 Å². The summed E-state index contributed by atoms with van der Waals surface area (Å²) in [6.45, 7) is 5.00. The van der Waals surface area contributed by atoms with Gasteiger partial charge in [-0.25, -0.2) is 9.97 Å². The van der Waals surface area contributed by atoms with Crippen LogP contribution in [0.2, 0.25) is 0 Å². The van der Waals surface area contributed by atoms with Gasteiger partial charge in [0.2, 0.25) is 5.91 Å². The number of hydrogen-bond acceptors (Lipinski definition) is 6. The zero-order valence-corrected chi connectivity index (χ0v) is 16.7. The second-order valence-corrected chi connectivity index (χ2v) is 7.90. The average molecular weight is 387 g/mol. The van der Waals surface area contributed by atoms with Gasteiger partial charge in [0.15, 0.2) is 0 Å². The SMILES string of the molecule is CNc1nc(C2CCN(C(=O)[C@H]3CCCO3)CC2)nc2c1CCN(C(C)=O)C2. The third-order valence-corrected chi connectivity index (χ3v) is 6.14. The van der Waals surface area contributed by atoms with Gasteiger partial charge >= 0.3 is 0 Å². The maximum absolute atomic E-state index is 12.6. The lowest BCUT2D eigenvalue weighted by Gasteiger charge is -2.34. The van der Waals surface area contributed by atoms with E-state index in [-0.39, 0.29) is 23.8 Å². The Morgan fingerprint density at radius 1 is 1.11 bits per heavy atom. The molecule has 1 atom stereocenters. The molecule has 0 unspecified atom stereocenters. The molecule has 2 amide bonds. The fourth-order valence-electron chi connectivity index (χ4n) is 4.44. The number of nitrogens with one attached hydrogen (secondary N) is 1. The first-order valence-electron chi connectivity index (χ1n) is 10.3. The average Bonchev–Trinajstić information content (AvgIpc) is 3.27. The summed E-state index contributed by atoms with van der Waals surface area (Å²) in [5.41, 5.74) is 2.07. The molecule has 0 bridgehead atoms. The minimum atomic E-state index is -0.245. The van der Waals surface area contributed by atoms with E-state index in [2.05, 4.69) is 5.32 Å². The van der Waals surface area contributed by atoms with Crippen molar-refractivity contribution < 1.29 is 14.3 Å². The smallest absolute Gasteiger partial charge is 0.251 e. The van der Waals surface area contributed by atoms with Crippen LogP contribution in [-0.4, -0.2) is 71.0 Å². The predicted octanol–water partition coefficient (Wildman–Crippen LogP) is 1.31. The monoisotopic (exact) mass is 387 g/mol. The van der Waals surface area contributed by atoms with Crippen LogP contribution in [-0.2, 0) is 27.3 Å². The minimum absolute atomic E-state index is 0.0813. The molecule has 8 heteroatoms. The molecule has 1 aromatic rings. The molecule has 2 saturated heterocycles. The molecule has 152 valence electrons. The van der Waals surface area contributed by atoms with E-state index in [4.69, 9.17) is 14.7 Å². The zero-order valence-electron chi connectivity index (χ0n) is 16.7. The summed E-state index contributed by atoms with van der Waals surface area (Å²) in [5.74, 6) is 2.16. The maximum atomic E-state index is 12.6. The Morgan fingerprint density at radius 2 is 1.89 bits per heavy atom. The van der Waals surface area contributed by atoms with E-state index in [9.17, 15) is 9.59 Å².